The number of hydrogen-bond acceptors (Lipinski definition) is 3. The third-order valence-electron chi connectivity index (χ3n) is 1.86. The van der Waals surface area contributed by atoms with Crippen LogP contribution in [-0.2, 0) is 0 Å². The zero-order valence-electron chi connectivity index (χ0n) is 6.62. The van der Waals surface area contributed by atoms with Gasteiger partial charge in [0.25, 0.3) is 11.5 Å². The van der Waals surface area contributed by atoms with Crippen molar-refractivity contribution in [2.24, 2.45) is 0 Å². The van der Waals surface area contributed by atoms with Crippen LogP contribution in [0.15, 0.2) is 15.4 Å². The van der Waals surface area contributed by atoms with Gasteiger partial charge in [-0.1, -0.05) is 0 Å². The molecule has 0 aliphatic carbocycles. The van der Waals surface area contributed by atoms with Crippen molar-refractivity contribution in [1.82, 2.24) is 10.1 Å². The molecule has 2 rings (SSSR count). The maximum Gasteiger partial charge on any atom is 0.292 e. The minimum atomic E-state index is -0.949. The van der Waals surface area contributed by atoms with E-state index >= 15 is 0 Å². The Hall–Kier alpha value is -1.59. The lowest BCUT2D eigenvalue weighted by Crippen LogP contribution is -2.51. The molecule has 0 radical (unpaired) electrons. The summed E-state index contributed by atoms with van der Waals surface area (Å²) in [5, 5.41) is 1.99. The third-order valence-corrected chi connectivity index (χ3v) is 1.86. The van der Waals surface area contributed by atoms with E-state index in [1.807, 2.05) is 5.16 Å². The fraction of sp³-hybridized carbons (Fsp3) is 0.429. The molecular weight excluding hydrogens is 179 g/mol. The van der Waals surface area contributed by atoms with Crippen LogP contribution in [0.4, 0.5) is 4.39 Å². The highest BCUT2D eigenvalue weighted by Crippen LogP contribution is 2.14. The average Bonchev–Trinajstić information content (AvgIpc) is 2.45. The number of aromatic nitrogens is 1. The molecule has 6 heteroatoms. The Morgan fingerprint density at radius 3 is 2.85 bits per heavy atom. The number of hydrogen-bond donors (Lipinski definition) is 1. The molecule has 70 valence electrons. The summed E-state index contributed by atoms with van der Waals surface area (Å²) in [6, 6.07) is 1.05. The van der Waals surface area contributed by atoms with Gasteiger partial charge in [0.1, 0.15) is 6.17 Å². The first-order valence-electron chi connectivity index (χ1n) is 3.78. The van der Waals surface area contributed by atoms with Crippen molar-refractivity contribution in [2.75, 3.05) is 13.1 Å². The summed E-state index contributed by atoms with van der Waals surface area (Å²) < 4.78 is 16.9. The van der Waals surface area contributed by atoms with Crippen LogP contribution in [0.3, 0.4) is 0 Å². The predicted molar refractivity (Wildman–Crippen MR) is 40.1 cm³/mol. The van der Waals surface area contributed by atoms with Gasteiger partial charge in [0.2, 0.25) is 5.76 Å². The van der Waals surface area contributed by atoms with Gasteiger partial charge in [0.15, 0.2) is 0 Å². The normalized spacial score (nSPS) is 17.2. The number of carbonyl (C=O) groups is 1. The SMILES string of the molecule is O=C(c1cc(=O)[nH]o1)N1CC(F)C1. The van der Waals surface area contributed by atoms with Crippen molar-refractivity contribution >= 4 is 5.91 Å². The van der Waals surface area contributed by atoms with Crippen LogP contribution in [0.25, 0.3) is 0 Å². The van der Waals surface area contributed by atoms with Crippen LogP contribution in [0.1, 0.15) is 10.6 Å². The van der Waals surface area contributed by atoms with E-state index in [9.17, 15) is 14.0 Å². The molecule has 5 nitrogen and oxygen atoms in total. The lowest BCUT2D eigenvalue weighted by molar-refractivity contribution is 0.0363. The molecule has 1 aliphatic heterocycles. The van der Waals surface area contributed by atoms with Gasteiger partial charge in [-0.15, -0.1) is 0 Å². The highest BCUT2D eigenvalue weighted by Gasteiger charge is 2.32. The lowest BCUT2D eigenvalue weighted by atomic mass is 10.2. The van der Waals surface area contributed by atoms with Crippen molar-refractivity contribution in [3.05, 3.63) is 22.2 Å². The molecule has 1 amide bonds. The summed E-state index contributed by atoms with van der Waals surface area (Å²) in [4.78, 5) is 23.2. The molecule has 2 heterocycles. The maximum atomic E-state index is 12.4. The van der Waals surface area contributed by atoms with E-state index in [4.69, 9.17) is 0 Å². The summed E-state index contributed by atoms with van der Waals surface area (Å²) in [6.07, 6.45) is -0.949. The number of aromatic amines is 1. The van der Waals surface area contributed by atoms with Gasteiger partial charge in [0.05, 0.1) is 19.2 Å². The molecular formula is C7H7FN2O3. The lowest BCUT2D eigenvalue weighted by Gasteiger charge is -2.33. The molecule has 0 spiro atoms. The van der Waals surface area contributed by atoms with E-state index < -0.39 is 17.6 Å². The van der Waals surface area contributed by atoms with E-state index in [1.54, 1.807) is 0 Å². The first-order valence-corrected chi connectivity index (χ1v) is 3.78. The Morgan fingerprint density at radius 2 is 2.38 bits per heavy atom. The molecule has 0 unspecified atom stereocenters. The standard InChI is InChI=1S/C7H7FN2O3/c8-4-2-10(3-4)7(12)5-1-6(11)9-13-5/h1,4H,2-3H2,(H,9,11). The number of rotatable bonds is 1. The first kappa shape index (κ1) is 8.03. The molecule has 1 saturated heterocycles. The molecule has 1 N–H and O–H groups in total. The molecule has 1 fully saturated rings. The Morgan fingerprint density at radius 1 is 1.69 bits per heavy atom. The van der Waals surface area contributed by atoms with Gasteiger partial charge in [-0.05, 0) is 0 Å². The molecule has 0 atom stereocenters. The Balaban J connectivity index is 2.10. The van der Waals surface area contributed by atoms with E-state index in [2.05, 4.69) is 4.52 Å². The van der Waals surface area contributed by atoms with Crippen molar-refractivity contribution in [3.63, 3.8) is 0 Å². The smallest absolute Gasteiger partial charge is 0.292 e. The van der Waals surface area contributed by atoms with E-state index in [0.29, 0.717) is 0 Å². The fourth-order valence-electron chi connectivity index (χ4n) is 1.14. The number of alkyl halides is 1. The Kier molecular flexibility index (Phi) is 1.68. The van der Waals surface area contributed by atoms with Gasteiger partial charge in [-0.3, -0.25) is 9.59 Å². The van der Waals surface area contributed by atoms with Gasteiger partial charge < -0.3 is 9.42 Å². The van der Waals surface area contributed by atoms with Crippen LogP contribution in [0.2, 0.25) is 0 Å². The second kappa shape index (κ2) is 2.72. The van der Waals surface area contributed by atoms with Gasteiger partial charge >= 0.3 is 0 Å². The molecule has 0 bridgehead atoms. The van der Waals surface area contributed by atoms with Crippen LogP contribution >= 0.6 is 0 Å². The molecule has 0 aromatic carbocycles. The van der Waals surface area contributed by atoms with Crippen molar-refractivity contribution in [2.45, 2.75) is 6.17 Å². The second-order valence-electron chi connectivity index (χ2n) is 2.88. The second-order valence-corrected chi connectivity index (χ2v) is 2.88. The summed E-state index contributed by atoms with van der Waals surface area (Å²) in [5.41, 5.74) is -0.472. The predicted octanol–water partition coefficient (Wildman–Crippen LogP) is -0.238. The van der Waals surface area contributed by atoms with Crippen molar-refractivity contribution < 1.29 is 13.7 Å². The summed E-state index contributed by atoms with van der Waals surface area (Å²) in [6.45, 7) is 0.154. The first-order chi connectivity index (χ1) is 6.16. The van der Waals surface area contributed by atoms with Crippen molar-refractivity contribution in [1.29, 1.82) is 0 Å². The monoisotopic (exact) mass is 186 g/mol. The van der Waals surface area contributed by atoms with Gasteiger partial charge in [-0.25, -0.2) is 4.39 Å². The fourth-order valence-corrected chi connectivity index (χ4v) is 1.14. The molecule has 1 aliphatic rings. The minimum absolute atomic E-state index is 0.0723. The number of H-pyrrole nitrogens is 1. The highest BCUT2D eigenvalue weighted by atomic mass is 19.1. The molecule has 0 saturated carbocycles. The minimum Gasteiger partial charge on any atom is -0.373 e. The summed E-state index contributed by atoms with van der Waals surface area (Å²) in [5.74, 6) is -0.524. The Bertz CT molecular complexity index is 377. The number of amides is 1. The van der Waals surface area contributed by atoms with E-state index in [-0.39, 0.29) is 18.8 Å². The summed E-state index contributed by atoms with van der Waals surface area (Å²) in [7, 11) is 0. The van der Waals surface area contributed by atoms with Crippen LogP contribution in [0.5, 0.6) is 0 Å². The molecule has 1 aromatic rings. The van der Waals surface area contributed by atoms with E-state index in [1.165, 1.54) is 4.90 Å². The van der Waals surface area contributed by atoms with Crippen LogP contribution < -0.4 is 5.56 Å². The van der Waals surface area contributed by atoms with Crippen LogP contribution in [-0.4, -0.2) is 35.2 Å². The van der Waals surface area contributed by atoms with Gasteiger partial charge in [0, 0.05) is 0 Å². The number of nitrogens with zero attached hydrogens (tertiary/aromatic N) is 1. The number of carbonyl (C=O) groups excluding carboxylic acids is 1. The number of likely N-dealkylation sites (tertiary alicyclic amines) is 1. The largest absolute Gasteiger partial charge is 0.373 e. The maximum absolute atomic E-state index is 12.4. The zero-order chi connectivity index (χ0) is 9.42. The van der Waals surface area contributed by atoms with Crippen LogP contribution in [0, 0.1) is 0 Å². The third kappa shape index (κ3) is 1.34. The summed E-state index contributed by atoms with van der Waals surface area (Å²) >= 11 is 0. The topological polar surface area (TPSA) is 66.3 Å². The highest BCUT2D eigenvalue weighted by molar-refractivity contribution is 5.91. The molecule has 1 aromatic heterocycles. The number of nitrogens with one attached hydrogen (secondary N) is 1. The Labute approximate surface area is 72.1 Å². The zero-order valence-corrected chi connectivity index (χ0v) is 6.62. The van der Waals surface area contributed by atoms with Crippen molar-refractivity contribution in [3.8, 4) is 0 Å². The van der Waals surface area contributed by atoms with Gasteiger partial charge in [-0.2, -0.15) is 5.16 Å². The quantitative estimate of drug-likeness (QED) is 0.658. The van der Waals surface area contributed by atoms with E-state index in [0.717, 1.165) is 6.07 Å². The molecule has 13 heavy (non-hydrogen) atoms. The average molecular weight is 186 g/mol. The number of halogens is 1.